The number of likely N-dealkylation sites (N-methyl/N-ethyl adjacent to an activating group) is 1. The summed E-state index contributed by atoms with van der Waals surface area (Å²) in [6, 6.07) is 0. The maximum Gasteiger partial charge on any atom is 0.241 e. The number of rotatable bonds is 3. The fourth-order valence-corrected chi connectivity index (χ4v) is 1.95. The summed E-state index contributed by atoms with van der Waals surface area (Å²) < 4.78 is 0. The lowest BCUT2D eigenvalue weighted by atomic mass is 9.97. The minimum atomic E-state index is -0.324. The third-order valence-electron chi connectivity index (χ3n) is 2.88. The van der Waals surface area contributed by atoms with E-state index in [4.69, 9.17) is 0 Å². The standard InChI is InChI=1S/C11H18N2O/c1-3-4-9-13-10(14)11(12-2)7-5-6-8-11/h12H,5-9H2,1-2H3,(H,13,14). The molecule has 2 N–H and O–H groups in total. The Kier molecular flexibility index (Phi) is 3.97. The molecule has 0 spiro atoms. The molecule has 0 saturated heterocycles. The van der Waals surface area contributed by atoms with E-state index < -0.39 is 0 Å². The molecule has 1 aliphatic carbocycles. The molecule has 0 aromatic heterocycles. The molecule has 0 aromatic carbocycles. The SMILES string of the molecule is CC#CCNC(=O)C1(NC)CCCC1. The van der Waals surface area contributed by atoms with Gasteiger partial charge in [-0.1, -0.05) is 18.8 Å². The molecule has 0 aromatic rings. The summed E-state index contributed by atoms with van der Waals surface area (Å²) in [5.41, 5.74) is -0.324. The molecule has 1 fully saturated rings. The average Bonchev–Trinajstić information content (AvgIpc) is 2.67. The summed E-state index contributed by atoms with van der Waals surface area (Å²) in [6.45, 7) is 2.23. The molecule has 1 rings (SSSR count). The Morgan fingerprint density at radius 3 is 2.57 bits per heavy atom. The number of amides is 1. The van der Waals surface area contributed by atoms with Crippen LogP contribution in [-0.4, -0.2) is 25.0 Å². The normalized spacial score (nSPS) is 18.4. The van der Waals surface area contributed by atoms with Gasteiger partial charge < -0.3 is 10.6 Å². The zero-order chi connectivity index (χ0) is 10.4. The van der Waals surface area contributed by atoms with Crippen molar-refractivity contribution in [1.82, 2.24) is 10.6 Å². The first-order valence-corrected chi connectivity index (χ1v) is 5.12. The van der Waals surface area contributed by atoms with Gasteiger partial charge in [-0.3, -0.25) is 4.79 Å². The Bertz CT molecular complexity index is 256. The van der Waals surface area contributed by atoms with Crippen molar-refractivity contribution in [3.8, 4) is 11.8 Å². The molecule has 0 bridgehead atoms. The second kappa shape index (κ2) is 5.02. The molecule has 14 heavy (non-hydrogen) atoms. The first-order chi connectivity index (χ1) is 6.75. The Hall–Kier alpha value is -1.01. The zero-order valence-corrected chi connectivity index (χ0v) is 8.94. The van der Waals surface area contributed by atoms with Crippen LogP contribution in [0, 0.1) is 11.8 Å². The quantitative estimate of drug-likeness (QED) is 0.648. The topological polar surface area (TPSA) is 41.1 Å². The monoisotopic (exact) mass is 194 g/mol. The second-order valence-electron chi connectivity index (χ2n) is 3.65. The van der Waals surface area contributed by atoms with Crippen LogP contribution in [0.25, 0.3) is 0 Å². The van der Waals surface area contributed by atoms with Crippen LogP contribution in [0.15, 0.2) is 0 Å². The van der Waals surface area contributed by atoms with E-state index in [1.54, 1.807) is 6.92 Å². The molecule has 0 radical (unpaired) electrons. The number of carbonyl (C=O) groups is 1. The Morgan fingerprint density at radius 1 is 1.43 bits per heavy atom. The van der Waals surface area contributed by atoms with Gasteiger partial charge in [-0.05, 0) is 26.8 Å². The lowest BCUT2D eigenvalue weighted by Crippen LogP contribution is -2.53. The van der Waals surface area contributed by atoms with Crippen molar-refractivity contribution in [2.45, 2.75) is 38.1 Å². The van der Waals surface area contributed by atoms with Crippen LogP contribution in [0.1, 0.15) is 32.6 Å². The van der Waals surface area contributed by atoms with Gasteiger partial charge in [-0.2, -0.15) is 0 Å². The van der Waals surface area contributed by atoms with Gasteiger partial charge >= 0.3 is 0 Å². The lowest BCUT2D eigenvalue weighted by Gasteiger charge is -2.26. The van der Waals surface area contributed by atoms with E-state index in [0.717, 1.165) is 25.7 Å². The smallest absolute Gasteiger partial charge is 0.241 e. The molecule has 1 aliphatic rings. The minimum Gasteiger partial charge on any atom is -0.344 e. The third-order valence-corrected chi connectivity index (χ3v) is 2.88. The number of hydrogen-bond donors (Lipinski definition) is 2. The van der Waals surface area contributed by atoms with Crippen LogP contribution in [0.3, 0.4) is 0 Å². The number of nitrogens with one attached hydrogen (secondary N) is 2. The Balaban J connectivity index is 2.50. The molecule has 0 heterocycles. The first-order valence-electron chi connectivity index (χ1n) is 5.12. The van der Waals surface area contributed by atoms with Gasteiger partial charge in [0.15, 0.2) is 0 Å². The van der Waals surface area contributed by atoms with Crippen LogP contribution < -0.4 is 10.6 Å². The molecule has 0 unspecified atom stereocenters. The van der Waals surface area contributed by atoms with Gasteiger partial charge in [0, 0.05) is 0 Å². The van der Waals surface area contributed by atoms with Crippen LogP contribution in [-0.2, 0) is 4.79 Å². The fourth-order valence-electron chi connectivity index (χ4n) is 1.95. The van der Waals surface area contributed by atoms with Crippen molar-refractivity contribution in [2.24, 2.45) is 0 Å². The van der Waals surface area contributed by atoms with Crippen molar-refractivity contribution in [3.63, 3.8) is 0 Å². The maximum atomic E-state index is 11.8. The minimum absolute atomic E-state index is 0.0975. The predicted molar refractivity (Wildman–Crippen MR) is 56.7 cm³/mol. The van der Waals surface area contributed by atoms with Crippen LogP contribution in [0.5, 0.6) is 0 Å². The summed E-state index contributed by atoms with van der Waals surface area (Å²) in [5, 5.41) is 5.99. The van der Waals surface area contributed by atoms with Gasteiger partial charge in [0.1, 0.15) is 0 Å². The van der Waals surface area contributed by atoms with Crippen molar-refractivity contribution in [3.05, 3.63) is 0 Å². The van der Waals surface area contributed by atoms with Gasteiger partial charge in [0.05, 0.1) is 12.1 Å². The highest BCUT2D eigenvalue weighted by atomic mass is 16.2. The molecule has 0 atom stereocenters. The average molecular weight is 194 g/mol. The van der Waals surface area contributed by atoms with Gasteiger partial charge in [-0.15, -0.1) is 5.92 Å². The van der Waals surface area contributed by atoms with Gasteiger partial charge in [0.2, 0.25) is 5.91 Å². The van der Waals surface area contributed by atoms with Gasteiger partial charge in [0.25, 0.3) is 0 Å². The molecular formula is C11H18N2O. The summed E-state index contributed by atoms with van der Waals surface area (Å²) in [7, 11) is 1.86. The summed E-state index contributed by atoms with van der Waals surface area (Å²) in [4.78, 5) is 11.8. The van der Waals surface area contributed by atoms with Crippen LogP contribution >= 0.6 is 0 Å². The molecule has 3 heteroatoms. The molecular weight excluding hydrogens is 176 g/mol. The summed E-state index contributed by atoms with van der Waals surface area (Å²) >= 11 is 0. The molecule has 1 saturated carbocycles. The van der Waals surface area contributed by atoms with E-state index in [1.165, 1.54) is 0 Å². The second-order valence-corrected chi connectivity index (χ2v) is 3.65. The van der Waals surface area contributed by atoms with E-state index in [2.05, 4.69) is 22.5 Å². The fraction of sp³-hybridized carbons (Fsp3) is 0.727. The largest absolute Gasteiger partial charge is 0.344 e. The third kappa shape index (κ3) is 2.27. The van der Waals surface area contributed by atoms with E-state index >= 15 is 0 Å². The number of carbonyl (C=O) groups excluding carboxylic acids is 1. The Labute approximate surface area is 85.6 Å². The molecule has 0 aliphatic heterocycles. The summed E-state index contributed by atoms with van der Waals surface area (Å²) in [5.74, 6) is 5.69. The van der Waals surface area contributed by atoms with Crippen LogP contribution in [0.2, 0.25) is 0 Å². The van der Waals surface area contributed by atoms with E-state index in [0.29, 0.717) is 6.54 Å². The highest BCUT2D eigenvalue weighted by Gasteiger charge is 2.39. The predicted octanol–water partition coefficient (Wildman–Crippen LogP) is 0.658. The van der Waals surface area contributed by atoms with E-state index in [-0.39, 0.29) is 11.4 Å². The van der Waals surface area contributed by atoms with Crippen molar-refractivity contribution in [2.75, 3.05) is 13.6 Å². The van der Waals surface area contributed by atoms with Crippen LogP contribution in [0.4, 0.5) is 0 Å². The zero-order valence-electron chi connectivity index (χ0n) is 8.94. The first kappa shape index (κ1) is 11.1. The lowest BCUT2D eigenvalue weighted by molar-refractivity contribution is -0.127. The van der Waals surface area contributed by atoms with E-state index in [1.807, 2.05) is 7.05 Å². The number of hydrogen-bond acceptors (Lipinski definition) is 2. The van der Waals surface area contributed by atoms with E-state index in [9.17, 15) is 4.79 Å². The molecule has 1 amide bonds. The summed E-state index contributed by atoms with van der Waals surface area (Å²) in [6.07, 6.45) is 4.14. The van der Waals surface area contributed by atoms with Crippen molar-refractivity contribution >= 4 is 5.91 Å². The van der Waals surface area contributed by atoms with Crippen molar-refractivity contribution < 1.29 is 4.79 Å². The highest BCUT2D eigenvalue weighted by Crippen LogP contribution is 2.29. The maximum absolute atomic E-state index is 11.8. The van der Waals surface area contributed by atoms with Crippen molar-refractivity contribution in [1.29, 1.82) is 0 Å². The Morgan fingerprint density at radius 2 is 2.07 bits per heavy atom. The molecule has 3 nitrogen and oxygen atoms in total. The van der Waals surface area contributed by atoms with Gasteiger partial charge in [-0.25, -0.2) is 0 Å². The molecule has 78 valence electrons. The highest BCUT2D eigenvalue weighted by molar-refractivity contribution is 5.86.